The van der Waals surface area contributed by atoms with Gasteiger partial charge in [0.25, 0.3) is 0 Å². The van der Waals surface area contributed by atoms with Gasteiger partial charge in [0.2, 0.25) is 0 Å². The number of ether oxygens (including phenoxy) is 1. The van der Waals surface area contributed by atoms with Gasteiger partial charge in [-0.15, -0.1) is 0 Å². The lowest BCUT2D eigenvalue weighted by molar-refractivity contribution is 0.0382. The van der Waals surface area contributed by atoms with Crippen molar-refractivity contribution in [2.45, 2.75) is 65.2 Å². The molecule has 0 radical (unpaired) electrons. The van der Waals surface area contributed by atoms with Gasteiger partial charge in [0.05, 0.1) is 5.60 Å². The van der Waals surface area contributed by atoms with E-state index in [1.807, 2.05) is 6.92 Å². The van der Waals surface area contributed by atoms with Crippen LogP contribution in [0.5, 0.6) is 5.75 Å². The number of hydrogen-bond donors (Lipinski definition) is 2. The molecule has 1 aliphatic rings. The maximum atomic E-state index is 10.3. The summed E-state index contributed by atoms with van der Waals surface area (Å²) >= 11 is 0. The molecule has 3 heteroatoms. The number of rotatable bonds is 6. The second kappa shape index (κ2) is 5.98. The minimum Gasteiger partial charge on any atom is -0.487 e. The molecule has 118 valence electrons. The molecular weight excluding hydrogens is 262 g/mol. The molecule has 0 fully saturated rings. The highest BCUT2D eigenvalue weighted by atomic mass is 16.5. The molecule has 1 aliphatic heterocycles. The second-order valence-corrected chi connectivity index (χ2v) is 7.64. The van der Waals surface area contributed by atoms with Crippen LogP contribution in [0.3, 0.4) is 0 Å². The summed E-state index contributed by atoms with van der Waals surface area (Å²) in [6.45, 7) is 11.7. The van der Waals surface area contributed by atoms with Crippen molar-refractivity contribution in [1.82, 2.24) is 5.32 Å². The Hall–Kier alpha value is -1.06. The van der Waals surface area contributed by atoms with Crippen LogP contribution in [0.4, 0.5) is 0 Å². The maximum absolute atomic E-state index is 10.3. The van der Waals surface area contributed by atoms with E-state index in [0.717, 1.165) is 25.1 Å². The normalized spacial score (nSPS) is 19.2. The van der Waals surface area contributed by atoms with Crippen LogP contribution < -0.4 is 10.1 Å². The lowest BCUT2D eigenvalue weighted by Gasteiger charge is -2.26. The molecule has 0 amide bonds. The smallest absolute Gasteiger partial charge is 0.127 e. The summed E-state index contributed by atoms with van der Waals surface area (Å²) in [7, 11) is 0. The van der Waals surface area contributed by atoms with E-state index in [-0.39, 0.29) is 5.60 Å². The lowest BCUT2D eigenvalue weighted by Crippen LogP contribution is -2.38. The molecule has 1 aromatic carbocycles. The highest BCUT2D eigenvalue weighted by Gasteiger charge is 2.31. The van der Waals surface area contributed by atoms with E-state index in [9.17, 15) is 5.11 Å². The number of hydrogen-bond acceptors (Lipinski definition) is 3. The third kappa shape index (κ3) is 4.45. The van der Waals surface area contributed by atoms with Crippen LogP contribution in [0.15, 0.2) is 18.2 Å². The summed E-state index contributed by atoms with van der Waals surface area (Å²) in [5.74, 6) is 1.52. The molecular formula is C18H29NO2. The summed E-state index contributed by atoms with van der Waals surface area (Å²) in [4.78, 5) is 0. The van der Waals surface area contributed by atoms with Crippen molar-refractivity contribution in [2.75, 3.05) is 6.54 Å². The van der Waals surface area contributed by atoms with Gasteiger partial charge in [-0.25, -0.2) is 0 Å². The Bertz CT molecular complexity index is 492. The third-order valence-electron chi connectivity index (χ3n) is 3.84. The molecule has 2 rings (SSSR count). The predicted molar refractivity (Wildman–Crippen MR) is 86.6 cm³/mol. The Balaban J connectivity index is 1.95. The first-order chi connectivity index (χ1) is 9.69. The number of aliphatic hydroxyl groups is 1. The van der Waals surface area contributed by atoms with Crippen LogP contribution in [0.25, 0.3) is 0 Å². The topological polar surface area (TPSA) is 41.5 Å². The van der Waals surface area contributed by atoms with Crippen LogP contribution in [0.2, 0.25) is 0 Å². The van der Waals surface area contributed by atoms with Crippen LogP contribution in [-0.2, 0) is 13.0 Å². The first kappa shape index (κ1) is 16.3. The minimum atomic E-state index is -0.660. The summed E-state index contributed by atoms with van der Waals surface area (Å²) in [5.41, 5.74) is 1.69. The fraction of sp³-hybridized carbons (Fsp3) is 0.667. The average molecular weight is 291 g/mol. The molecule has 0 bridgehead atoms. The van der Waals surface area contributed by atoms with E-state index in [1.54, 1.807) is 0 Å². The second-order valence-electron chi connectivity index (χ2n) is 7.64. The highest BCUT2D eigenvalue weighted by Crippen LogP contribution is 2.37. The fourth-order valence-corrected chi connectivity index (χ4v) is 3.24. The van der Waals surface area contributed by atoms with Crippen molar-refractivity contribution in [3.8, 4) is 5.75 Å². The Labute approximate surface area is 128 Å². The van der Waals surface area contributed by atoms with E-state index in [1.165, 1.54) is 11.1 Å². The van der Waals surface area contributed by atoms with Gasteiger partial charge in [-0.05, 0) is 38.7 Å². The first-order valence-corrected chi connectivity index (χ1v) is 7.91. The van der Waals surface area contributed by atoms with Gasteiger partial charge in [-0.2, -0.15) is 0 Å². The average Bonchev–Trinajstić information content (AvgIpc) is 2.62. The van der Waals surface area contributed by atoms with Gasteiger partial charge in [0.1, 0.15) is 11.4 Å². The molecule has 0 saturated heterocycles. The molecule has 21 heavy (non-hydrogen) atoms. The number of para-hydroxylation sites is 1. The Morgan fingerprint density at radius 3 is 2.76 bits per heavy atom. The molecule has 1 aromatic rings. The predicted octanol–water partition coefficient (Wildman–Crippen LogP) is 3.29. The molecule has 0 spiro atoms. The fourth-order valence-electron chi connectivity index (χ4n) is 3.24. The number of nitrogens with one attached hydrogen (secondary N) is 1. The van der Waals surface area contributed by atoms with Gasteiger partial charge in [0, 0.05) is 25.1 Å². The standard InChI is InChI=1S/C18H29NO2/c1-13(2)9-18(5,20)12-19-11-15-8-6-7-14-10-17(3,4)21-16(14)15/h6-8,13,19-20H,9-12H2,1-5H3. The Morgan fingerprint density at radius 1 is 1.38 bits per heavy atom. The summed E-state index contributed by atoms with van der Waals surface area (Å²) in [6.07, 6.45) is 1.76. The molecule has 0 saturated carbocycles. The van der Waals surface area contributed by atoms with Crippen molar-refractivity contribution in [2.24, 2.45) is 5.92 Å². The zero-order valence-electron chi connectivity index (χ0n) is 14.0. The SMILES string of the molecule is CC(C)CC(C)(O)CNCc1cccc2c1OC(C)(C)C2. The summed E-state index contributed by atoms with van der Waals surface area (Å²) in [6, 6.07) is 6.33. The quantitative estimate of drug-likeness (QED) is 0.845. The van der Waals surface area contributed by atoms with Gasteiger partial charge >= 0.3 is 0 Å². The van der Waals surface area contributed by atoms with Crippen LogP contribution >= 0.6 is 0 Å². The molecule has 1 atom stereocenters. The van der Waals surface area contributed by atoms with Gasteiger partial charge in [0.15, 0.2) is 0 Å². The van der Waals surface area contributed by atoms with Crippen LogP contribution in [0, 0.1) is 5.92 Å². The molecule has 0 aliphatic carbocycles. The molecule has 3 nitrogen and oxygen atoms in total. The monoisotopic (exact) mass is 291 g/mol. The van der Waals surface area contributed by atoms with Gasteiger partial charge in [-0.1, -0.05) is 32.0 Å². The summed E-state index contributed by atoms with van der Waals surface area (Å²) in [5, 5.41) is 13.7. The molecule has 1 heterocycles. The van der Waals surface area contributed by atoms with Crippen LogP contribution in [0.1, 0.15) is 52.2 Å². The zero-order chi connectivity index (χ0) is 15.7. The van der Waals surface area contributed by atoms with Crippen molar-refractivity contribution in [1.29, 1.82) is 0 Å². The Kier molecular flexibility index (Phi) is 4.64. The first-order valence-electron chi connectivity index (χ1n) is 7.91. The van der Waals surface area contributed by atoms with Crippen molar-refractivity contribution in [3.63, 3.8) is 0 Å². The molecule has 2 N–H and O–H groups in total. The molecule has 0 aromatic heterocycles. The van der Waals surface area contributed by atoms with E-state index in [0.29, 0.717) is 12.5 Å². The largest absolute Gasteiger partial charge is 0.487 e. The van der Waals surface area contributed by atoms with Gasteiger partial charge < -0.3 is 15.2 Å². The van der Waals surface area contributed by atoms with Crippen molar-refractivity contribution in [3.05, 3.63) is 29.3 Å². The van der Waals surface area contributed by atoms with E-state index < -0.39 is 5.60 Å². The van der Waals surface area contributed by atoms with Crippen LogP contribution in [-0.4, -0.2) is 22.9 Å². The summed E-state index contributed by atoms with van der Waals surface area (Å²) < 4.78 is 6.07. The van der Waals surface area contributed by atoms with Crippen molar-refractivity contribution < 1.29 is 9.84 Å². The van der Waals surface area contributed by atoms with Gasteiger partial charge in [-0.3, -0.25) is 0 Å². The maximum Gasteiger partial charge on any atom is 0.127 e. The van der Waals surface area contributed by atoms with Crippen molar-refractivity contribution >= 4 is 0 Å². The Morgan fingerprint density at radius 2 is 2.10 bits per heavy atom. The van der Waals surface area contributed by atoms with E-state index in [4.69, 9.17) is 4.74 Å². The number of fused-ring (bicyclic) bond motifs is 1. The highest BCUT2D eigenvalue weighted by molar-refractivity contribution is 5.45. The minimum absolute atomic E-state index is 0.110. The molecule has 1 unspecified atom stereocenters. The third-order valence-corrected chi connectivity index (χ3v) is 3.84. The van der Waals surface area contributed by atoms with E-state index in [2.05, 4.69) is 51.2 Å². The zero-order valence-corrected chi connectivity index (χ0v) is 14.0. The lowest BCUT2D eigenvalue weighted by atomic mass is 9.94. The van der Waals surface area contributed by atoms with E-state index >= 15 is 0 Å². The number of benzene rings is 1.